The summed E-state index contributed by atoms with van der Waals surface area (Å²) >= 11 is 0. The highest BCUT2D eigenvalue weighted by Crippen LogP contribution is 2.31. The van der Waals surface area contributed by atoms with Gasteiger partial charge >= 0.3 is 0 Å². The molecule has 0 amide bonds. The van der Waals surface area contributed by atoms with Crippen LogP contribution in [-0.4, -0.2) is 46.3 Å². The van der Waals surface area contributed by atoms with Crippen LogP contribution >= 0.6 is 12.4 Å². The molecule has 3 aromatic rings. The Morgan fingerprint density at radius 2 is 1.79 bits per heavy atom. The van der Waals surface area contributed by atoms with Gasteiger partial charge in [-0.25, -0.2) is 9.37 Å². The van der Waals surface area contributed by atoms with Crippen LogP contribution in [-0.2, 0) is 0 Å². The lowest BCUT2D eigenvalue weighted by atomic mass is 10.0. The Labute approximate surface area is 171 Å². The van der Waals surface area contributed by atoms with E-state index in [9.17, 15) is 4.39 Å². The van der Waals surface area contributed by atoms with Crippen LogP contribution in [0.3, 0.4) is 0 Å². The van der Waals surface area contributed by atoms with Gasteiger partial charge in [-0.3, -0.25) is 10.00 Å². The van der Waals surface area contributed by atoms with Gasteiger partial charge in [0.05, 0.1) is 5.69 Å². The molecule has 0 spiro atoms. The number of aromatic nitrogens is 3. The fourth-order valence-electron chi connectivity index (χ4n) is 3.81. The maximum Gasteiger partial charge on any atom is 0.136 e. The van der Waals surface area contributed by atoms with E-state index in [2.05, 4.69) is 38.0 Å². The summed E-state index contributed by atoms with van der Waals surface area (Å²) in [6, 6.07) is 11.0. The van der Waals surface area contributed by atoms with Crippen LogP contribution in [0.25, 0.3) is 11.1 Å². The smallest absolute Gasteiger partial charge is 0.136 e. The maximum absolute atomic E-state index is 13.3. The minimum absolute atomic E-state index is 0. The average Bonchev–Trinajstić information content (AvgIpc) is 3.14. The van der Waals surface area contributed by atoms with E-state index < -0.39 is 0 Å². The van der Waals surface area contributed by atoms with Crippen molar-refractivity contribution >= 4 is 18.2 Å². The number of rotatable bonds is 4. The zero-order chi connectivity index (χ0) is 18.8. The van der Waals surface area contributed by atoms with Crippen molar-refractivity contribution in [2.75, 3.05) is 31.1 Å². The second-order valence-electron chi connectivity index (χ2n) is 7.01. The second kappa shape index (κ2) is 8.71. The molecule has 0 aliphatic carbocycles. The lowest BCUT2D eigenvalue weighted by molar-refractivity contribution is 0.198. The molecule has 0 radical (unpaired) electrons. The molecule has 5 nitrogen and oxygen atoms in total. The summed E-state index contributed by atoms with van der Waals surface area (Å²) in [7, 11) is 0. The number of pyridine rings is 1. The molecule has 1 aliphatic heterocycles. The molecule has 0 bridgehead atoms. The molecule has 1 saturated heterocycles. The molecule has 1 atom stereocenters. The summed E-state index contributed by atoms with van der Waals surface area (Å²) in [5.74, 6) is 0.747. The third-order valence-electron chi connectivity index (χ3n) is 5.42. The summed E-state index contributed by atoms with van der Waals surface area (Å²) in [6.07, 6.45) is 3.82. The first-order valence-electron chi connectivity index (χ1n) is 9.33. The van der Waals surface area contributed by atoms with Crippen molar-refractivity contribution in [2.24, 2.45) is 0 Å². The lowest BCUT2D eigenvalue weighted by Crippen LogP contribution is -2.47. The van der Waals surface area contributed by atoms with Crippen LogP contribution < -0.4 is 4.90 Å². The summed E-state index contributed by atoms with van der Waals surface area (Å²) < 4.78 is 13.3. The minimum atomic E-state index is -0.221. The topological polar surface area (TPSA) is 48.1 Å². The first-order valence-corrected chi connectivity index (χ1v) is 9.33. The highest BCUT2D eigenvalue weighted by Gasteiger charge is 2.25. The van der Waals surface area contributed by atoms with E-state index in [4.69, 9.17) is 0 Å². The van der Waals surface area contributed by atoms with Gasteiger partial charge < -0.3 is 4.90 Å². The number of anilines is 1. The van der Waals surface area contributed by atoms with Gasteiger partial charge in [-0.2, -0.15) is 5.10 Å². The Kier molecular flexibility index (Phi) is 6.31. The van der Waals surface area contributed by atoms with Crippen molar-refractivity contribution < 1.29 is 4.39 Å². The van der Waals surface area contributed by atoms with E-state index in [0.29, 0.717) is 6.04 Å². The molecular weight excluding hydrogens is 377 g/mol. The Bertz CT molecular complexity index is 903. The van der Waals surface area contributed by atoms with E-state index in [1.165, 1.54) is 17.7 Å². The quantitative estimate of drug-likeness (QED) is 0.710. The number of hydrogen-bond acceptors (Lipinski definition) is 4. The minimum Gasteiger partial charge on any atom is -0.354 e. The Morgan fingerprint density at radius 3 is 2.43 bits per heavy atom. The van der Waals surface area contributed by atoms with Gasteiger partial charge in [0.1, 0.15) is 11.6 Å². The van der Waals surface area contributed by atoms with Gasteiger partial charge in [-0.15, -0.1) is 12.4 Å². The van der Waals surface area contributed by atoms with Crippen molar-refractivity contribution in [3.8, 4) is 11.1 Å². The highest BCUT2D eigenvalue weighted by atomic mass is 35.5. The zero-order valence-electron chi connectivity index (χ0n) is 16.1. The van der Waals surface area contributed by atoms with Crippen LogP contribution in [0.5, 0.6) is 0 Å². The van der Waals surface area contributed by atoms with E-state index in [1.54, 1.807) is 0 Å². The number of benzene rings is 1. The number of nitrogens with zero attached hydrogens (tertiary/aromatic N) is 4. The number of H-pyrrole nitrogens is 1. The molecule has 1 N–H and O–H groups in total. The molecule has 1 aliphatic rings. The molecule has 1 unspecified atom stereocenters. The van der Waals surface area contributed by atoms with Gasteiger partial charge in [0, 0.05) is 55.7 Å². The van der Waals surface area contributed by atoms with Crippen LogP contribution in [0, 0.1) is 12.7 Å². The van der Waals surface area contributed by atoms with E-state index in [-0.39, 0.29) is 18.2 Å². The largest absolute Gasteiger partial charge is 0.354 e. The Hall–Kier alpha value is -2.44. The Balaban J connectivity index is 0.00000225. The average molecular weight is 402 g/mol. The van der Waals surface area contributed by atoms with Crippen molar-refractivity contribution in [1.29, 1.82) is 0 Å². The summed E-state index contributed by atoms with van der Waals surface area (Å²) in [6.45, 7) is 8.02. The van der Waals surface area contributed by atoms with Gasteiger partial charge in [0.2, 0.25) is 0 Å². The summed E-state index contributed by atoms with van der Waals surface area (Å²) in [4.78, 5) is 9.44. The van der Waals surface area contributed by atoms with E-state index in [0.717, 1.165) is 48.8 Å². The number of aryl methyl sites for hydroxylation is 1. The van der Waals surface area contributed by atoms with Crippen molar-refractivity contribution in [1.82, 2.24) is 20.1 Å². The molecule has 2 aromatic heterocycles. The molecule has 28 heavy (non-hydrogen) atoms. The second-order valence-corrected chi connectivity index (χ2v) is 7.01. The number of halogens is 2. The van der Waals surface area contributed by atoms with Crippen LogP contribution in [0.15, 0.2) is 48.8 Å². The fraction of sp³-hybridized carbons (Fsp3) is 0.333. The predicted molar refractivity (Wildman–Crippen MR) is 112 cm³/mol. The first-order chi connectivity index (χ1) is 13.1. The van der Waals surface area contributed by atoms with Crippen LogP contribution in [0.4, 0.5) is 10.2 Å². The maximum atomic E-state index is 13.3. The van der Waals surface area contributed by atoms with Crippen LogP contribution in [0.1, 0.15) is 24.2 Å². The zero-order valence-corrected chi connectivity index (χ0v) is 16.9. The van der Waals surface area contributed by atoms with Gasteiger partial charge in [0.25, 0.3) is 0 Å². The number of piperazine rings is 1. The molecule has 0 saturated carbocycles. The monoisotopic (exact) mass is 401 g/mol. The van der Waals surface area contributed by atoms with Crippen LogP contribution in [0.2, 0.25) is 0 Å². The van der Waals surface area contributed by atoms with Crippen molar-refractivity contribution in [3.05, 3.63) is 65.9 Å². The number of nitrogens with one attached hydrogen (secondary N) is 1. The van der Waals surface area contributed by atoms with Gasteiger partial charge in [-0.1, -0.05) is 12.1 Å². The number of aromatic amines is 1. The number of hydrogen-bond donors (Lipinski definition) is 1. The molecule has 148 valence electrons. The molecule has 3 heterocycles. The molecule has 7 heteroatoms. The van der Waals surface area contributed by atoms with Crippen molar-refractivity contribution in [3.63, 3.8) is 0 Å². The van der Waals surface area contributed by atoms with Gasteiger partial charge in [0.15, 0.2) is 0 Å². The van der Waals surface area contributed by atoms with E-state index in [1.807, 2.05) is 37.5 Å². The first kappa shape index (κ1) is 20.3. The third kappa shape index (κ3) is 4.03. The molecular formula is C21H25ClFN5. The van der Waals surface area contributed by atoms with E-state index >= 15 is 0 Å². The third-order valence-corrected chi connectivity index (χ3v) is 5.42. The molecule has 4 rings (SSSR count). The highest BCUT2D eigenvalue weighted by molar-refractivity contribution is 5.85. The standard InChI is InChI=1S/C21H24FN5.ClH/c1-15-20(14-24-25-15)16(2)26-10-12-27(13-11-26)21-19(4-3-9-23-21)17-5-7-18(22)8-6-17;/h3-9,14,16H,10-13H2,1-2H3,(H,24,25);1H. The summed E-state index contributed by atoms with van der Waals surface area (Å²) in [5, 5.41) is 7.21. The fourth-order valence-corrected chi connectivity index (χ4v) is 3.81. The van der Waals surface area contributed by atoms with Crippen molar-refractivity contribution in [2.45, 2.75) is 19.9 Å². The molecule has 1 fully saturated rings. The summed E-state index contributed by atoms with van der Waals surface area (Å²) in [5.41, 5.74) is 4.36. The Morgan fingerprint density at radius 1 is 1.07 bits per heavy atom. The normalized spacial score (nSPS) is 15.9. The lowest BCUT2D eigenvalue weighted by Gasteiger charge is -2.39. The van der Waals surface area contributed by atoms with Gasteiger partial charge in [-0.05, 0) is 43.7 Å². The SMILES string of the molecule is Cc1n[nH]cc1C(C)N1CCN(c2ncccc2-c2ccc(F)cc2)CC1.Cl. The predicted octanol–water partition coefficient (Wildman–Crippen LogP) is 4.22. The molecule has 1 aromatic carbocycles.